The number of aryl methyl sites for hydroxylation is 2. The molecule has 0 radical (unpaired) electrons. The highest BCUT2D eigenvalue weighted by Gasteiger charge is 2.49. The highest BCUT2D eigenvalue weighted by atomic mass is 79.9. The number of hydrogen-bond acceptors (Lipinski definition) is 5. The van der Waals surface area contributed by atoms with Crippen LogP contribution in [-0.4, -0.2) is 29.0 Å². The van der Waals surface area contributed by atoms with E-state index in [2.05, 4.69) is 66.0 Å². The minimum atomic E-state index is -0.461. The van der Waals surface area contributed by atoms with Gasteiger partial charge >= 0.3 is 0 Å². The smallest absolute Gasteiger partial charge is 0.262 e. The molecule has 1 aliphatic heterocycles. The van der Waals surface area contributed by atoms with Gasteiger partial charge < -0.3 is 15.0 Å². The van der Waals surface area contributed by atoms with Crippen LogP contribution in [-0.2, 0) is 20.9 Å². The van der Waals surface area contributed by atoms with E-state index < -0.39 is 5.92 Å². The molecule has 6 nitrogen and oxygen atoms in total. The number of rotatable bonds is 7. The molecular weight excluding hydrogens is 652 g/mol. The standard InChI is InChI=1S/C40H43BrN2O4/c1-24-12-14-29(25(2)16-24)42-35(46)23-47-34-15-13-27(17-28(34)41)36-37-30(18-39(3,4)20-32(37)44)43(22-26-10-8-7-9-11-26)31-19-40(5,6)21-33(45)38(31)36/h7-17,36H,18-23H2,1-6H3,(H,42,46). The second kappa shape index (κ2) is 12.6. The first-order chi connectivity index (χ1) is 22.2. The number of halogens is 1. The Morgan fingerprint density at radius 1 is 0.851 bits per heavy atom. The van der Waals surface area contributed by atoms with Gasteiger partial charge in [-0.2, -0.15) is 0 Å². The minimum absolute atomic E-state index is 0.100. The molecule has 3 aromatic rings. The quantitative estimate of drug-likeness (QED) is 0.267. The largest absolute Gasteiger partial charge is 0.483 e. The Hall–Kier alpha value is -3.97. The summed E-state index contributed by atoms with van der Waals surface area (Å²) in [6.45, 7) is 13.1. The van der Waals surface area contributed by atoms with Gasteiger partial charge in [0.05, 0.1) is 4.47 Å². The molecule has 1 heterocycles. The van der Waals surface area contributed by atoms with Gasteiger partial charge in [-0.1, -0.05) is 81.8 Å². The van der Waals surface area contributed by atoms with Crippen LogP contribution in [0.5, 0.6) is 5.75 Å². The Labute approximate surface area is 286 Å². The van der Waals surface area contributed by atoms with Gasteiger partial charge in [0.2, 0.25) is 0 Å². The number of amides is 1. The lowest BCUT2D eigenvalue weighted by Crippen LogP contribution is -2.44. The average Bonchev–Trinajstić information content (AvgIpc) is 2.98. The zero-order valence-electron chi connectivity index (χ0n) is 28.1. The van der Waals surface area contributed by atoms with Crippen LogP contribution in [0.15, 0.2) is 93.7 Å². The van der Waals surface area contributed by atoms with Crippen molar-refractivity contribution in [2.24, 2.45) is 10.8 Å². The fourth-order valence-electron chi connectivity index (χ4n) is 7.44. The van der Waals surface area contributed by atoms with Gasteiger partial charge in [-0.05, 0) is 88.3 Å². The second-order valence-corrected chi connectivity index (χ2v) is 15.8. The monoisotopic (exact) mass is 694 g/mol. The SMILES string of the molecule is Cc1ccc(NC(=O)COc2ccc(C3C4=C(CC(C)(C)CC4=O)N(Cc4ccccc4)C4=C3C(=O)CC(C)(C)C4)cc2Br)c(C)c1. The van der Waals surface area contributed by atoms with Crippen LogP contribution >= 0.6 is 15.9 Å². The summed E-state index contributed by atoms with van der Waals surface area (Å²) in [6.07, 6.45) is 2.37. The van der Waals surface area contributed by atoms with Crippen molar-refractivity contribution in [2.45, 2.75) is 79.7 Å². The normalized spacial score (nSPS) is 19.0. The molecule has 0 atom stereocenters. The van der Waals surface area contributed by atoms with Crippen molar-refractivity contribution in [3.63, 3.8) is 0 Å². The lowest BCUT2D eigenvalue weighted by molar-refractivity contribution is -0.120. The molecule has 0 spiro atoms. The van der Waals surface area contributed by atoms with Crippen molar-refractivity contribution in [2.75, 3.05) is 11.9 Å². The number of Topliss-reactive ketones (excluding diaryl/α,β-unsaturated/α-hetero) is 2. The highest BCUT2D eigenvalue weighted by Crippen LogP contribution is 2.55. The van der Waals surface area contributed by atoms with E-state index in [-0.39, 0.29) is 34.9 Å². The number of carbonyl (C=O) groups is 3. The van der Waals surface area contributed by atoms with E-state index in [0.29, 0.717) is 29.6 Å². The number of hydrogen-bond donors (Lipinski definition) is 1. The Kier molecular flexibility index (Phi) is 8.81. The molecule has 0 saturated heterocycles. The van der Waals surface area contributed by atoms with Gasteiger partial charge in [0.15, 0.2) is 18.2 Å². The second-order valence-electron chi connectivity index (χ2n) is 15.0. The summed E-state index contributed by atoms with van der Waals surface area (Å²) in [4.78, 5) is 43.4. The summed E-state index contributed by atoms with van der Waals surface area (Å²) < 4.78 is 6.61. The summed E-state index contributed by atoms with van der Waals surface area (Å²) in [7, 11) is 0. The van der Waals surface area contributed by atoms with Gasteiger partial charge in [0, 0.05) is 53.5 Å². The van der Waals surface area contributed by atoms with E-state index in [1.807, 2.05) is 68.4 Å². The third-order valence-electron chi connectivity index (χ3n) is 9.51. The number of benzene rings is 3. The lowest BCUT2D eigenvalue weighted by atomic mass is 9.63. The van der Waals surface area contributed by atoms with E-state index in [4.69, 9.17) is 4.74 Å². The van der Waals surface area contributed by atoms with E-state index in [1.165, 1.54) is 0 Å². The molecule has 6 rings (SSSR count). The first-order valence-corrected chi connectivity index (χ1v) is 17.1. The molecule has 0 unspecified atom stereocenters. The van der Waals surface area contributed by atoms with Crippen LogP contribution in [0.2, 0.25) is 0 Å². The Morgan fingerprint density at radius 2 is 1.47 bits per heavy atom. The van der Waals surface area contributed by atoms with Crippen molar-refractivity contribution in [1.82, 2.24) is 4.90 Å². The van der Waals surface area contributed by atoms with Crippen LogP contribution < -0.4 is 10.1 Å². The zero-order valence-corrected chi connectivity index (χ0v) is 29.7. The molecular formula is C40H43BrN2O4. The fraction of sp³-hybridized carbons (Fsp3) is 0.375. The van der Waals surface area contributed by atoms with Crippen molar-refractivity contribution in [3.8, 4) is 5.75 Å². The van der Waals surface area contributed by atoms with Crippen LogP contribution in [0, 0.1) is 24.7 Å². The number of anilines is 1. The number of ketones is 2. The molecule has 0 aromatic heterocycles. The van der Waals surface area contributed by atoms with Crippen molar-refractivity contribution in [1.29, 1.82) is 0 Å². The van der Waals surface area contributed by atoms with Gasteiger partial charge in [-0.15, -0.1) is 0 Å². The van der Waals surface area contributed by atoms with Crippen LogP contribution in [0.1, 0.15) is 81.5 Å². The molecule has 0 fully saturated rings. The fourth-order valence-corrected chi connectivity index (χ4v) is 7.95. The molecule has 2 aliphatic carbocycles. The lowest BCUT2D eigenvalue weighted by Gasteiger charge is -2.49. The molecule has 47 heavy (non-hydrogen) atoms. The molecule has 7 heteroatoms. The van der Waals surface area contributed by atoms with Crippen molar-refractivity contribution >= 4 is 39.1 Å². The van der Waals surface area contributed by atoms with Crippen LogP contribution in [0.25, 0.3) is 0 Å². The Morgan fingerprint density at radius 3 is 2.04 bits per heavy atom. The summed E-state index contributed by atoms with van der Waals surface area (Å²) in [6, 6.07) is 21.9. The summed E-state index contributed by atoms with van der Waals surface area (Å²) in [5.74, 6) is -0.000726. The predicted molar refractivity (Wildman–Crippen MR) is 189 cm³/mol. The van der Waals surface area contributed by atoms with E-state index in [0.717, 1.165) is 63.3 Å². The number of nitrogens with one attached hydrogen (secondary N) is 1. The molecule has 1 N–H and O–H groups in total. The maximum Gasteiger partial charge on any atom is 0.262 e. The van der Waals surface area contributed by atoms with Crippen LogP contribution in [0.3, 0.4) is 0 Å². The summed E-state index contributed by atoms with van der Waals surface area (Å²) in [5, 5.41) is 2.93. The molecule has 244 valence electrons. The molecule has 0 saturated carbocycles. The number of allylic oxidation sites excluding steroid dienone is 4. The van der Waals surface area contributed by atoms with E-state index in [1.54, 1.807) is 0 Å². The maximum absolute atomic E-state index is 14.2. The number of carbonyl (C=O) groups excluding carboxylic acids is 3. The average molecular weight is 696 g/mol. The Balaban J connectivity index is 1.36. The predicted octanol–water partition coefficient (Wildman–Crippen LogP) is 8.97. The van der Waals surface area contributed by atoms with Gasteiger partial charge in [-0.25, -0.2) is 0 Å². The molecule has 3 aliphatic rings. The summed E-state index contributed by atoms with van der Waals surface area (Å²) >= 11 is 3.68. The third-order valence-corrected chi connectivity index (χ3v) is 10.1. The van der Waals surface area contributed by atoms with Gasteiger partial charge in [0.25, 0.3) is 5.91 Å². The third kappa shape index (κ3) is 6.87. The van der Waals surface area contributed by atoms with E-state index >= 15 is 0 Å². The number of ether oxygens (including phenoxy) is 1. The van der Waals surface area contributed by atoms with Gasteiger partial charge in [0.1, 0.15) is 5.75 Å². The minimum Gasteiger partial charge on any atom is -0.483 e. The first kappa shape index (κ1) is 33.0. The maximum atomic E-state index is 14.2. The topological polar surface area (TPSA) is 75.7 Å². The van der Waals surface area contributed by atoms with Crippen molar-refractivity contribution in [3.05, 3.63) is 116 Å². The first-order valence-electron chi connectivity index (χ1n) is 16.3. The molecule has 0 bridgehead atoms. The number of nitrogens with zero attached hydrogens (tertiary/aromatic N) is 1. The van der Waals surface area contributed by atoms with Crippen molar-refractivity contribution < 1.29 is 19.1 Å². The highest BCUT2D eigenvalue weighted by molar-refractivity contribution is 9.10. The van der Waals surface area contributed by atoms with Gasteiger partial charge in [-0.3, -0.25) is 14.4 Å². The zero-order chi connectivity index (χ0) is 33.7. The molecule has 1 amide bonds. The molecule has 3 aromatic carbocycles. The van der Waals surface area contributed by atoms with E-state index in [9.17, 15) is 14.4 Å². The Bertz CT molecular complexity index is 1780. The summed E-state index contributed by atoms with van der Waals surface area (Å²) in [5.41, 5.74) is 8.02. The van der Waals surface area contributed by atoms with Crippen LogP contribution in [0.4, 0.5) is 5.69 Å².